The number of aliphatic hydroxyl groups is 1. The van der Waals surface area contributed by atoms with E-state index < -0.39 is 11.7 Å². The molecule has 0 saturated heterocycles. The summed E-state index contributed by atoms with van der Waals surface area (Å²) >= 11 is 0. The van der Waals surface area contributed by atoms with Crippen molar-refractivity contribution in [2.75, 3.05) is 13.6 Å². The minimum Gasteiger partial charge on any atom is -0.463 e. The standard InChI is InChI=1S/C15H18N2O4/c1-10(18)7-8-17(2)15(20)11-5-6-12(16-14(11)19)13-4-3-9-21-13/h3-6,9-10,18H,7-8H2,1-2H3,(H,16,19). The third kappa shape index (κ3) is 3.61. The molecule has 2 aromatic heterocycles. The highest BCUT2D eigenvalue weighted by atomic mass is 16.3. The van der Waals surface area contributed by atoms with Gasteiger partial charge in [0.15, 0.2) is 0 Å². The van der Waals surface area contributed by atoms with Crippen LogP contribution in [0.25, 0.3) is 11.5 Å². The number of amides is 1. The zero-order valence-electron chi connectivity index (χ0n) is 12.0. The van der Waals surface area contributed by atoms with Crippen molar-refractivity contribution in [2.45, 2.75) is 19.4 Å². The third-order valence-corrected chi connectivity index (χ3v) is 3.16. The summed E-state index contributed by atoms with van der Waals surface area (Å²) in [6.45, 7) is 2.04. The molecule has 6 heteroatoms. The van der Waals surface area contributed by atoms with E-state index in [0.29, 0.717) is 24.4 Å². The molecule has 1 unspecified atom stereocenters. The molecular weight excluding hydrogens is 272 g/mol. The van der Waals surface area contributed by atoms with Crippen molar-refractivity contribution >= 4 is 5.91 Å². The monoisotopic (exact) mass is 290 g/mol. The van der Waals surface area contributed by atoms with E-state index in [4.69, 9.17) is 4.42 Å². The largest absolute Gasteiger partial charge is 0.463 e. The van der Waals surface area contributed by atoms with Crippen molar-refractivity contribution < 1.29 is 14.3 Å². The summed E-state index contributed by atoms with van der Waals surface area (Å²) in [5, 5.41) is 9.23. The van der Waals surface area contributed by atoms with E-state index in [1.165, 1.54) is 17.2 Å². The van der Waals surface area contributed by atoms with Crippen LogP contribution in [0.1, 0.15) is 23.7 Å². The van der Waals surface area contributed by atoms with Crippen LogP contribution in [0.4, 0.5) is 0 Å². The molecule has 1 amide bonds. The molecule has 0 spiro atoms. The molecule has 0 radical (unpaired) electrons. The molecule has 2 aromatic rings. The molecule has 6 nitrogen and oxygen atoms in total. The lowest BCUT2D eigenvalue weighted by Crippen LogP contribution is -2.33. The van der Waals surface area contributed by atoms with Crippen LogP contribution in [0.5, 0.6) is 0 Å². The maximum Gasteiger partial charge on any atom is 0.261 e. The number of nitrogens with zero attached hydrogens (tertiary/aromatic N) is 1. The molecule has 0 saturated carbocycles. The molecule has 0 aliphatic carbocycles. The van der Waals surface area contributed by atoms with Crippen molar-refractivity contribution in [2.24, 2.45) is 0 Å². The van der Waals surface area contributed by atoms with Gasteiger partial charge in [-0.3, -0.25) is 9.59 Å². The molecule has 21 heavy (non-hydrogen) atoms. The van der Waals surface area contributed by atoms with E-state index in [0.717, 1.165) is 0 Å². The van der Waals surface area contributed by atoms with Gasteiger partial charge in [0.25, 0.3) is 11.5 Å². The zero-order valence-corrected chi connectivity index (χ0v) is 12.0. The van der Waals surface area contributed by atoms with Gasteiger partial charge in [0.2, 0.25) is 0 Å². The van der Waals surface area contributed by atoms with Crippen molar-refractivity contribution in [1.29, 1.82) is 0 Å². The predicted molar refractivity (Wildman–Crippen MR) is 78.0 cm³/mol. The number of aromatic amines is 1. The average Bonchev–Trinajstić information content (AvgIpc) is 2.98. The Morgan fingerprint density at radius 1 is 1.43 bits per heavy atom. The Hall–Kier alpha value is -2.34. The van der Waals surface area contributed by atoms with Gasteiger partial charge in [-0.15, -0.1) is 0 Å². The van der Waals surface area contributed by atoms with E-state index >= 15 is 0 Å². The Bertz CT molecular complexity index is 659. The molecule has 0 aliphatic heterocycles. The number of rotatable bonds is 5. The SMILES string of the molecule is CC(O)CCN(C)C(=O)c1ccc(-c2ccco2)[nH]c1=O. The second-order valence-corrected chi connectivity index (χ2v) is 4.96. The summed E-state index contributed by atoms with van der Waals surface area (Å²) in [7, 11) is 1.60. The third-order valence-electron chi connectivity index (χ3n) is 3.16. The summed E-state index contributed by atoms with van der Waals surface area (Å²) < 4.78 is 5.19. The van der Waals surface area contributed by atoms with E-state index in [-0.39, 0.29) is 11.5 Å². The van der Waals surface area contributed by atoms with Crippen LogP contribution in [-0.4, -0.2) is 40.6 Å². The van der Waals surface area contributed by atoms with E-state index in [1.807, 2.05) is 0 Å². The van der Waals surface area contributed by atoms with Crippen molar-refractivity contribution in [1.82, 2.24) is 9.88 Å². The summed E-state index contributed by atoms with van der Waals surface area (Å²) in [5.74, 6) is 0.163. The van der Waals surface area contributed by atoms with Crippen LogP contribution in [0.3, 0.4) is 0 Å². The van der Waals surface area contributed by atoms with E-state index in [1.54, 1.807) is 32.2 Å². The highest BCUT2D eigenvalue weighted by Crippen LogP contribution is 2.15. The minimum atomic E-state index is -0.486. The van der Waals surface area contributed by atoms with Gasteiger partial charge >= 0.3 is 0 Å². The first-order chi connectivity index (χ1) is 9.99. The first-order valence-electron chi connectivity index (χ1n) is 6.69. The Balaban J connectivity index is 2.17. The Morgan fingerprint density at radius 3 is 2.76 bits per heavy atom. The Labute approximate surface area is 122 Å². The molecular formula is C15H18N2O4. The molecule has 0 aliphatic rings. The van der Waals surface area contributed by atoms with Gasteiger partial charge in [-0.1, -0.05) is 0 Å². The second-order valence-electron chi connectivity index (χ2n) is 4.96. The minimum absolute atomic E-state index is 0.0680. The quantitative estimate of drug-likeness (QED) is 0.873. The van der Waals surface area contributed by atoms with E-state index in [9.17, 15) is 14.7 Å². The highest BCUT2D eigenvalue weighted by Gasteiger charge is 2.16. The van der Waals surface area contributed by atoms with Crippen LogP contribution >= 0.6 is 0 Å². The average molecular weight is 290 g/mol. The number of carbonyl (C=O) groups excluding carboxylic acids is 1. The number of carbonyl (C=O) groups is 1. The summed E-state index contributed by atoms with van der Waals surface area (Å²) in [6, 6.07) is 6.56. The molecule has 2 heterocycles. The Morgan fingerprint density at radius 2 is 2.19 bits per heavy atom. The lowest BCUT2D eigenvalue weighted by Gasteiger charge is -2.17. The molecule has 0 fully saturated rings. The second kappa shape index (κ2) is 6.41. The van der Waals surface area contributed by atoms with Crippen molar-refractivity contribution in [3.8, 4) is 11.5 Å². The fourth-order valence-electron chi connectivity index (χ4n) is 1.91. The van der Waals surface area contributed by atoms with Crippen LogP contribution in [0.2, 0.25) is 0 Å². The van der Waals surface area contributed by atoms with Gasteiger partial charge in [0, 0.05) is 13.6 Å². The number of aromatic nitrogens is 1. The molecule has 1 atom stereocenters. The summed E-state index contributed by atoms with van der Waals surface area (Å²) in [5.41, 5.74) is 0.129. The molecule has 2 N–H and O–H groups in total. The van der Waals surface area contributed by atoms with Crippen molar-refractivity contribution in [3.63, 3.8) is 0 Å². The highest BCUT2D eigenvalue weighted by molar-refractivity contribution is 5.93. The molecule has 112 valence electrons. The molecule has 2 rings (SSSR count). The van der Waals surface area contributed by atoms with Gasteiger partial charge in [-0.05, 0) is 37.6 Å². The van der Waals surface area contributed by atoms with Crippen LogP contribution in [0.15, 0.2) is 39.7 Å². The van der Waals surface area contributed by atoms with Crippen LogP contribution in [0, 0.1) is 0 Å². The number of aliphatic hydroxyl groups excluding tert-OH is 1. The lowest BCUT2D eigenvalue weighted by molar-refractivity contribution is 0.0767. The first kappa shape index (κ1) is 15.1. The fourth-order valence-corrected chi connectivity index (χ4v) is 1.91. The smallest absolute Gasteiger partial charge is 0.261 e. The normalized spacial score (nSPS) is 12.1. The van der Waals surface area contributed by atoms with Gasteiger partial charge in [0.1, 0.15) is 11.3 Å². The predicted octanol–water partition coefficient (Wildman–Crippen LogP) is 1.48. The van der Waals surface area contributed by atoms with Crippen LogP contribution < -0.4 is 5.56 Å². The van der Waals surface area contributed by atoms with Gasteiger partial charge in [-0.2, -0.15) is 0 Å². The Kier molecular flexibility index (Phi) is 4.59. The maximum absolute atomic E-state index is 12.2. The summed E-state index contributed by atoms with van der Waals surface area (Å²) in [6.07, 6.45) is 1.49. The number of nitrogens with one attached hydrogen (secondary N) is 1. The van der Waals surface area contributed by atoms with Crippen LogP contribution in [-0.2, 0) is 0 Å². The zero-order chi connectivity index (χ0) is 15.4. The molecule has 0 aromatic carbocycles. The fraction of sp³-hybridized carbons (Fsp3) is 0.333. The number of furan rings is 1. The molecule has 0 bridgehead atoms. The van der Waals surface area contributed by atoms with Crippen molar-refractivity contribution in [3.05, 3.63) is 46.4 Å². The van der Waals surface area contributed by atoms with Gasteiger partial charge in [-0.25, -0.2) is 0 Å². The number of H-pyrrole nitrogens is 1. The summed E-state index contributed by atoms with van der Waals surface area (Å²) in [4.78, 5) is 28.3. The lowest BCUT2D eigenvalue weighted by atomic mass is 10.2. The van der Waals surface area contributed by atoms with Gasteiger partial charge < -0.3 is 19.4 Å². The first-order valence-corrected chi connectivity index (χ1v) is 6.69. The topological polar surface area (TPSA) is 86.5 Å². The number of pyridine rings is 1. The van der Waals surface area contributed by atoms with E-state index in [2.05, 4.69) is 4.98 Å². The number of hydrogen-bond donors (Lipinski definition) is 2. The number of hydrogen-bond acceptors (Lipinski definition) is 4. The van der Waals surface area contributed by atoms with Gasteiger partial charge in [0.05, 0.1) is 18.1 Å². The maximum atomic E-state index is 12.2.